The van der Waals surface area contributed by atoms with E-state index in [0.29, 0.717) is 6.42 Å². The summed E-state index contributed by atoms with van der Waals surface area (Å²) < 4.78 is 26.1. The maximum atomic E-state index is 13.1. The Hall–Kier alpha value is -0.220. The Morgan fingerprint density at radius 2 is 2.17 bits per heavy atom. The first-order valence-electron chi connectivity index (χ1n) is 4.24. The van der Waals surface area contributed by atoms with Crippen molar-refractivity contribution >= 4 is 0 Å². The third kappa shape index (κ3) is 1.75. The number of halogens is 2. The predicted molar refractivity (Wildman–Crippen MR) is 41.9 cm³/mol. The predicted octanol–water partition coefficient (Wildman–Crippen LogP) is 1.21. The van der Waals surface area contributed by atoms with Crippen molar-refractivity contribution in [1.29, 1.82) is 0 Å². The summed E-state index contributed by atoms with van der Waals surface area (Å²) in [5, 5.41) is 11.2. The normalized spacial score (nSPS) is 34.5. The van der Waals surface area contributed by atoms with E-state index in [-0.39, 0.29) is 12.5 Å². The molecule has 1 heterocycles. The Morgan fingerprint density at radius 3 is 2.50 bits per heavy atom. The Labute approximate surface area is 71.0 Å². The zero-order chi connectivity index (χ0) is 9.35. The first-order chi connectivity index (χ1) is 5.44. The maximum Gasteiger partial charge on any atom is 0.290 e. The third-order valence-corrected chi connectivity index (χ3v) is 2.22. The molecule has 0 aromatic rings. The van der Waals surface area contributed by atoms with E-state index in [0.717, 1.165) is 0 Å². The van der Waals surface area contributed by atoms with Gasteiger partial charge in [-0.25, -0.2) is 8.78 Å². The van der Waals surface area contributed by atoms with Gasteiger partial charge in [-0.2, -0.15) is 0 Å². The van der Waals surface area contributed by atoms with Crippen molar-refractivity contribution in [3.63, 3.8) is 0 Å². The van der Waals surface area contributed by atoms with Gasteiger partial charge in [-0.1, -0.05) is 13.8 Å². The molecule has 0 radical (unpaired) electrons. The molecule has 0 aromatic carbocycles. The van der Waals surface area contributed by atoms with E-state index in [1.807, 2.05) is 13.8 Å². The van der Waals surface area contributed by atoms with E-state index in [1.165, 1.54) is 0 Å². The van der Waals surface area contributed by atoms with E-state index in [1.54, 1.807) is 0 Å². The Kier molecular flexibility index (Phi) is 2.68. The van der Waals surface area contributed by atoms with Gasteiger partial charge in [0.2, 0.25) is 0 Å². The molecular formula is C8H15F2NO. The van der Waals surface area contributed by atoms with Crippen LogP contribution in [0.15, 0.2) is 0 Å². The second kappa shape index (κ2) is 3.26. The van der Waals surface area contributed by atoms with Crippen molar-refractivity contribution < 1.29 is 13.9 Å². The Balaban J connectivity index is 2.56. The summed E-state index contributed by atoms with van der Waals surface area (Å²) in [6, 6.07) is 0. The smallest absolute Gasteiger partial charge is 0.290 e. The van der Waals surface area contributed by atoms with Crippen LogP contribution < -0.4 is 5.32 Å². The average molecular weight is 179 g/mol. The highest BCUT2D eigenvalue weighted by molar-refractivity contribution is 4.91. The summed E-state index contributed by atoms with van der Waals surface area (Å²) in [6.07, 6.45) is -1.20. The van der Waals surface area contributed by atoms with E-state index < -0.39 is 18.1 Å². The molecule has 1 fully saturated rings. The summed E-state index contributed by atoms with van der Waals surface area (Å²) >= 11 is 0. The molecule has 1 aliphatic rings. The summed E-state index contributed by atoms with van der Waals surface area (Å²) in [5.74, 6) is -3.43. The van der Waals surface area contributed by atoms with Gasteiger partial charge in [0.1, 0.15) is 0 Å². The Bertz CT molecular complexity index is 161. The van der Waals surface area contributed by atoms with Gasteiger partial charge in [0.15, 0.2) is 6.23 Å². The average Bonchev–Trinajstić information content (AvgIpc) is 2.15. The van der Waals surface area contributed by atoms with E-state index in [2.05, 4.69) is 5.32 Å². The van der Waals surface area contributed by atoms with Gasteiger partial charge in [-0.05, 0) is 12.3 Å². The van der Waals surface area contributed by atoms with Gasteiger partial charge >= 0.3 is 0 Å². The number of nitrogens with one attached hydrogen (secondary N) is 1. The molecule has 0 bridgehead atoms. The third-order valence-electron chi connectivity index (χ3n) is 2.22. The van der Waals surface area contributed by atoms with Crippen LogP contribution >= 0.6 is 0 Å². The zero-order valence-electron chi connectivity index (χ0n) is 7.35. The molecular weight excluding hydrogens is 164 g/mol. The van der Waals surface area contributed by atoms with Gasteiger partial charge < -0.3 is 5.11 Å². The lowest BCUT2D eigenvalue weighted by Gasteiger charge is -2.21. The minimum absolute atomic E-state index is 0.215. The fourth-order valence-electron chi connectivity index (χ4n) is 1.56. The highest BCUT2D eigenvalue weighted by Crippen LogP contribution is 2.35. The highest BCUT2D eigenvalue weighted by Gasteiger charge is 2.51. The largest absolute Gasteiger partial charge is 0.372 e. The van der Waals surface area contributed by atoms with Crippen molar-refractivity contribution in [1.82, 2.24) is 5.32 Å². The number of aliphatic hydroxyl groups is 1. The molecule has 2 atom stereocenters. The highest BCUT2D eigenvalue weighted by atomic mass is 19.3. The van der Waals surface area contributed by atoms with Gasteiger partial charge in [-0.3, -0.25) is 5.32 Å². The summed E-state index contributed by atoms with van der Waals surface area (Å²) in [6.45, 7) is 4.02. The lowest BCUT2D eigenvalue weighted by molar-refractivity contribution is -0.122. The standard InChI is InChI=1S/C8H15F2NO/c1-5(2)3-6-4-11-7(12)8(6,9)10/h5-7,11-12H,3-4H2,1-2H3. The molecule has 2 nitrogen and oxygen atoms in total. The number of hydrogen-bond donors (Lipinski definition) is 2. The lowest BCUT2D eigenvalue weighted by Crippen LogP contribution is -2.38. The SMILES string of the molecule is CC(C)CC1CNC(O)C1(F)F. The molecule has 4 heteroatoms. The van der Waals surface area contributed by atoms with Crippen LogP contribution in [0.25, 0.3) is 0 Å². The number of hydrogen-bond acceptors (Lipinski definition) is 2. The molecule has 0 aliphatic carbocycles. The number of rotatable bonds is 2. The van der Waals surface area contributed by atoms with Gasteiger partial charge in [0.05, 0.1) is 0 Å². The van der Waals surface area contributed by atoms with Crippen LogP contribution in [-0.4, -0.2) is 23.8 Å². The van der Waals surface area contributed by atoms with E-state index in [4.69, 9.17) is 5.11 Å². The number of alkyl halides is 2. The fourth-order valence-corrected chi connectivity index (χ4v) is 1.56. The van der Waals surface area contributed by atoms with Crippen LogP contribution in [0.4, 0.5) is 8.78 Å². The van der Waals surface area contributed by atoms with Gasteiger partial charge in [0.25, 0.3) is 5.92 Å². The topological polar surface area (TPSA) is 32.3 Å². The van der Waals surface area contributed by atoms with Crippen molar-refractivity contribution in [3.05, 3.63) is 0 Å². The minimum Gasteiger partial charge on any atom is -0.372 e. The summed E-state index contributed by atoms with van der Waals surface area (Å²) in [7, 11) is 0. The van der Waals surface area contributed by atoms with Crippen molar-refractivity contribution in [2.24, 2.45) is 11.8 Å². The van der Waals surface area contributed by atoms with E-state index in [9.17, 15) is 8.78 Å². The molecule has 12 heavy (non-hydrogen) atoms. The number of aliphatic hydroxyl groups excluding tert-OH is 1. The molecule has 2 N–H and O–H groups in total. The van der Waals surface area contributed by atoms with Crippen LogP contribution in [0.5, 0.6) is 0 Å². The van der Waals surface area contributed by atoms with Crippen LogP contribution in [0.3, 0.4) is 0 Å². The first-order valence-corrected chi connectivity index (χ1v) is 4.24. The van der Waals surface area contributed by atoms with Crippen LogP contribution in [0, 0.1) is 11.8 Å². The minimum atomic E-state index is -2.95. The fraction of sp³-hybridized carbons (Fsp3) is 1.00. The van der Waals surface area contributed by atoms with Crippen molar-refractivity contribution in [2.75, 3.05) is 6.54 Å². The van der Waals surface area contributed by atoms with Gasteiger partial charge in [-0.15, -0.1) is 0 Å². The van der Waals surface area contributed by atoms with Gasteiger partial charge in [0, 0.05) is 12.5 Å². The molecule has 0 spiro atoms. The molecule has 1 aliphatic heterocycles. The second-order valence-electron chi connectivity index (χ2n) is 3.81. The summed E-state index contributed by atoms with van der Waals surface area (Å²) in [5.41, 5.74) is 0. The maximum absolute atomic E-state index is 13.1. The monoisotopic (exact) mass is 179 g/mol. The molecule has 0 aromatic heterocycles. The lowest BCUT2D eigenvalue weighted by atomic mass is 9.93. The van der Waals surface area contributed by atoms with Crippen molar-refractivity contribution in [3.8, 4) is 0 Å². The van der Waals surface area contributed by atoms with Crippen molar-refractivity contribution in [2.45, 2.75) is 32.4 Å². The molecule has 1 rings (SSSR count). The van der Waals surface area contributed by atoms with Crippen LogP contribution in [0.2, 0.25) is 0 Å². The van der Waals surface area contributed by atoms with Crippen LogP contribution in [0.1, 0.15) is 20.3 Å². The quantitative estimate of drug-likeness (QED) is 0.667. The zero-order valence-corrected chi connectivity index (χ0v) is 7.35. The molecule has 0 amide bonds. The first kappa shape index (κ1) is 9.86. The molecule has 1 saturated heterocycles. The Morgan fingerprint density at radius 1 is 1.58 bits per heavy atom. The second-order valence-corrected chi connectivity index (χ2v) is 3.81. The van der Waals surface area contributed by atoms with E-state index >= 15 is 0 Å². The molecule has 0 saturated carbocycles. The summed E-state index contributed by atoms with van der Waals surface area (Å²) in [4.78, 5) is 0. The van der Waals surface area contributed by atoms with Crippen LogP contribution in [-0.2, 0) is 0 Å². The molecule has 2 unspecified atom stereocenters. The molecule has 72 valence electrons.